The van der Waals surface area contributed by atoms with Gasteiger partial charge in [-0.15, -0.1) is 0 Å². The largest absolute Gasteiger partial charge is 0.466 e. The number of hydrogen-bond acceptors (Lipinski definition) is 5. The molecule has 6 heteroatoms. The minimum Gasteiger partial charge on any atom is -0.466 e. The lowest BCUT2D eigenvalue weighted by Crippen LogP contribution is -2.51. The maximum absolute atomic E-state index is 13.3. The van der Waals surface area contributed by atoms with Crippen LogP contribution in [0.3, 0.4) is 0 Å². The fourth-order valence-electron chi connectivity index (χ4n) is 3.17. The van der Waals surface area contributed by atoms with Gasteiger partial charge in [0, 0.05) is 11.1 Å². The Kier molecular flexibility index (Phi) is 5.26. The van der Waals surface area contributed by atoms with Gasteiger partial charge in [-0.3, -0.25) is 14.5 Å². The highest BCUT2D eigenvalue weighted by Crippen LogP contribution is 2.41. The standard InChI is InChI=1S/C21H21NO5/c1-3-26-17(23)14-21(2)20(25)27-19(16-12-8-5-9-13-16)22(21)18(24)15-10-6-4-7-11-15/h4-13,19H,3,14H2,1-2H3/t19-,21?/m0/s1. The van der Waals surface area contributed by atoms with Gasteiger partial charge in [0.05, 0.1) is 13.0 Å². The Morgan fingerprint density at radius 3 is 2.26 bits per heavy atom. The lowest BCUT2D eigenvalue weighted by Gasteiger charge is -2.33. The van der Waals surface area contributed by atoms with E-state index in [-0.39, 0.29) is 18.9 Å². The van der Waals surface area contributed by atoms with E-state index < -0.39 is 23.7 Å². The topological polar surface area (TPSA) is 72.9 Å². The average molecular weight is 367 g/mol. The molecule has 0 N–H and O–H groups in total. The second kappa shape index (κ2) is 7.61. The molecule has 1 amide bonds. The van der Waals surface area contributed by atoms with Crippen LogP contribution in [0.1, 0.15) is 42.4 Å². The Morgan fingerprint density at radius 2 is 1.67 bits per heavy atom. The molecule has 0 aliphatic carbocycles. The van der Waals surface area contributed by atoms with Gasteiger partial charge in [-0.2, -0.15) is 0 Å². The second-order valence-corrected chi connectivity index (χ2v) is 6.47. The zero-order chi connectivity index (χ0) is 19.4. The molecule has 1 aliphatic heterocycles. The molecule has 1 unspecified atom stereocenters. The Bertz CT molecular complexity index is 836. The van der Waals surface area contributed by atoms with E-state index in [1.807, 2.05) is 6.07 Å². The predicted octanol–water partition coefficient (Wildman–Crippen LogP) is 3.10. The van der Waals surface area contributed by atoms with Gasteiger partial charge in [0.2, 0.25) is 6.23 Å². The summed E-state index contributed by atoms with van der Waals surface area (Å²) in [6.07, 6.45) is -1.19. The Hall–Kier alpha value is -3.15. The average Bonchev–Trinajstić information content (AvgIpc) is 2.93. The molecule has 2 aromatic rings. The summed E-state index contributed by atoms with van der Waals surface area (Å²) in [4.78, 5) is 39.5. The van der Waals surface area contributed by atoms with Gasteiger partial charge >= 0.3 is 11.9 Å². The molecule has 6 nitrogen and oxygen atoms in total. The van der Waals surface area contributed by atoms with E-state index in [1.165, 1.54) is 11.8 Å². The van der Waals surface area contributed by atoms with E-state index >= 15 is 0 Å². The highest BCUT2D eigenvalue weighted by molar-refractivity contribution is 6.01. The van der Waals surface area contributed by atoms with Crippen molar-refractivity contribution in [3.05, 3.63) is 71.8 Å². The van der Waals surface area contributed by atoms with Crippen LogP contribution < -0.4 is 0 Å². The van der Waals surface area contributed by atoms with Gasteiger partial charge < -0.3 is 9.47 Å². The van der Waals surface area contributed by atoms with Gasteiger partial charge in [0.25, 0.3) is 5.91 Å². The number of cyclic esters (lactones) is 1. The smallest absolute Gasteiger partial charge is 0.334 e. The summed E-state index contributed by atoms with van der Waals surface area (Å²) < 4.78 is 10.6. The second-order valence-electron chi connectivity index (χ2n) is 6.47. The van der Waals surface area contributed by atoms with E-state index in [4.69, 9.17) is 9.47 Å². The molecule has 0 aromatic heterocycles. The maximum atomic E-state index is 13.3. The van der Waals surface area contributed by atoms with Gasteiger partial charge in [0.1, 0.15) is 0 Å². The summed E-state index contributed by atoms with van der Waals surface area (Å²) in [6.45, 7) is 3.42. The Morgan fingerprint density at radius 1 is 1.07 bits per heavy atom. The van der Waals surface area contributed by atoms with E-state index in [0.29, 0.717) is 11.1 Å². The van der Waals surface area contributed by atoms with Crippen molar-refractivity contribution in [3.63, 3.8) is 0 Å². The summed E-state index contributed by atoms with van der Waals surface area (Å²) in [7, 11) is 0. The first-order valence-electron chi connectivity index (χ1n) is 8.77. The van der Waals surface area contributed by atoms with Gasteiger partial charge in [-0.25, -0.2) is 4.79 Å². The van der Waals surface area contributed by atoms with Gasteiger partial charge in [-0.1, -0.05) is 48.5 Å². The summed E-state index contributed by atoms with van der Waals surface area (Å²) in [5.41, 5.74) is -0.394. The number of amides is 1. The lowest BCUT2D eigenvalue weighted by atomic mass is 9.94. The van der Waals surface area contributed by atoms with Crippen molar-refractivity contribution in [3.8, 4) is 0 Å². The molecule has 140 valence electrons. The van der Waals surface area contributed by atoms with Gasteiger partial charge in [-0.05, 0) is 26.0 Å². The molecule has 0 radical (unpaired) electrons. The van der Waals surface area contributed by atoms with Crippen molar-refractivity contribution >= 4 is 17.8 Å². The van der Waals surface area contributed by atoms with Crippen molar-refractivity contribution < 1.29 is 23.9 Å². The summed E-state index contributed by atoms with van der Waals surface area (Å²) in [6, 6.07) is 17.6. The molecule has 2 aromatic carbocycles. The number of carbonyl (C=O) groups excluding carboxylic acids is 3. The SMILES string of the molecule is CCOC(=O)CC1(C)C(=O)O[C@@H](c2ccccc2)N1C(=O)c1ccccc1. The number of hydrogen-bond donors (Lipinski definition) is 0. The summed E-state index contributed by atoms with van der Waals surface area (Å²) in [5.74, 6) is -1.58. The van der Waals surface area contributed by atoms with Crippen molar-refractivity contribution in [2.75, 3.05) is 6.61 Å². The molecule has 0 bridgehead atoms. The van der Waals surface area contributed by atoms with Crippen molar-refractivity contribution in [1.29, 1.82) is 0 Å². The Labute approximate surface area is 157 Å². The third kappa shape index (κ3) is 3.56. The fraction of sp³-hybridized carbons (Fsp3) is 0.286. The van der Waals surface area contributed by atoms with Crippen molar-refractivity contribution in [2.24, 2.45) is 0 Å². The first-order valence-corrected chi connectivity index (χ1v) is 8.77. The molecule has 27 heavy (non-hydrogen) atoms. The number of benzene rings is 2. The van der Waals surface area contributed by atoms with Crippen LogP contribution in [0.25, 0.3) is 0 Å². The van der Waals surface area contributed by atoms with Crippen LogP contribution >= 0.6 is 0 Å². The first-order chi connectivity index (χ1) is 13.0. The third-order valence-electron chi connectivity index (χ3n) is 4.54. The van der Waals surface area contributed by atoms with Crippen LogP contribution in [0.15, 0.2) is 60.7 Å². The number of nitrogens with zero attached hydrogens (tertiary/aromatic N) is 1. The number of esters is 2. The molecule has 2 atom stereocenters. The minimum absolute atomic E-state index is 0.193. The van der Waals surface area contributed by atoms with Crippen LogP contribution in [0.2, 0.25) is 0 Å². The zero-order valence-corrected chi connectivity index (χ0v) is 15.3. The van der Waals surface area contributed by atoms with Crippen LogP contribution in [-0.2, 0) is 19.1 Å². The molecule has 1 saturated heterocycles. The van der Waals surface area contributed by atoms with Gasteiger partial charge in [0.15, 0.2) is 5.54 Å². The highest BCUT2D eigenvalue weighted by atomic mass is 16.6. The number of ether oxygens (including phenoxy) is 2. The van der Waals surface area contributed by atoms with Crippen LogP contribution in [0, 0.1) is 0 Å². The minimum atomic E-state index is -1.46. The molecule has 1 aliphatic rings. The molecule has 1 fully saturated rings. The van der Waals surface area contributed by atoms with E-state index in [9.17, 15) is 14.4 Å². The number of carbonyl (C=O) groups is 3. The van der Waals surface area contributed by atoms with Crippen LogP contribution in [0.5, 0.6) is 0 Å². The van der Waals surface area contributed by atoms with E-state index in [2.05, 4.69) is 0 Å². The third-order valence-corrected chi connectivity index (χ3v) is 4.54. The molecule has 3 rings (SSSR count). The maximum Gasteiger partial charge on any atom is 0.334 e. The Balaban J connectivity index is 2.04. The van der Waals surface area contributed by atoms with Crippen LogP contribution in [0.4, 0.5) is 0 Å². The molecular formula is C21H21NO5. The summed E-state index contributed by atoms with van der Waals surface area (Å²) in [5, 5.41) is 0. The lowest BCUT2D eigenvalue weighted by molar-refractivity contribution is -0.152. The normalized spacial score (nSPS) is 21.6. The zero-order valence-electron chi connectivity index (χ0n) is 15.3. The van der Waals surface area contributed by atoms with Crippen molar-refractivity contribution in [2.45, 2.75) is 32.0 Å². The molecule has 0 saturated carbocycles. The van der Waals surface area contributed by atoms with E-state index in [1.54, 1.807) is 61.5 Å². The monoisotopic (exact) mass is 367 g/mol. The van der Waals surface area contributed by atoms with E-state index in [0.717, 1.165) is 0 Å². The number of rotatable bonds is 5. The first kappa shape index (κ1) is 18.6. The highest BCUT2D eigenvalue weighted by Gasteiger charge is 2.56. The predicted molar refractivity (Wildman–Crippen MR) is 97.5 cm³/mol. The van der Waals surface area contributed by atoms with Crippen molar-refractivity contribution in [1.82, 2.24) is 4.90 Å². The fourth-order valence-corrected chi connectivity index (χ4v) is 3.17. The summed E-state index contributed by atoms with van der Waals surface area (Å²) >= 11 is 0. The molecule has 1 heterocycles. The van der Waals surface area contributed by atoms with Crippen LogP contribution in [-0.4, -0.2) is 34.9 Å². The molecule has 0 spiro atoms. The quantitative estimate of drug-likeness (QED) is 0.760. The molecular weight excluding hydrogens is 346 g/mol.